The van der Waals surface area contributed by atoms with Gasteiger partial charge in [-0.25, -0.2) is 0 Å². The van der Waals surface area contributed by atoms with Crippen molar-refractivity contribution in [1.29, 1.82) is 0 Å². The van der Waals surface area contributed by atoms with E-state index in [1.54, 1.807) is 7.05 Å². The van der Waals surface area contributed by atoms with Crippen LogP contribution in [0.25, 0.3) is 0 Å². The molecule has 0 bridgehead atoms. The zero-order valence-electron chi connectivity index (χ0n) is 6.72. The van der Waals surface area contributed by atoms with Crippen molar-refractivity contribution >= 4 is 17.0 Å². The van der Waals surface area contributed by atoms with Gasteiger partial charge in [-0.3, -0.25) is 4.79 Å². The van der Waals surface area contributed by atoms with Gasteiger partial charge in [0.15, 0.2) is 0 Å². The number of nitrogens with zero attached hydrogens (tertiary/aromatic N) is 1. The van der Waals surface area contributed by atoms with Gasteiger partial charge in [0.1, 0.15) is 0 Å². The highest BCUT2D eigenvalue weighted by atomic mass is 35.5. The molecule has 0 aromatic carbocycles. The first-order chi connectivity index (χ1) is 4.54. The second-order valence-electron chi connectivity index (χ2n) is 2.86. The summed E-state index contributed by atoms with van der Waals surface area (Å²) in [5.41, 5.74) is 0. The Labute approximate surface area is 67.2 Å². The largest absolute Gasteiger partial charge is 0.332 e. The fraction of sp³-hybridized carbons (Fsp3) is 0.857. The lowest BCUT2D eigenvalue weighted by atomic mass is 10.1. The molecule has 0 aromatic heterocycles. The molecule has 0 rings (SSSR count). The molecule has 0 atom stereocenters. The Bertz CT molecular complexity index is 114. The molecule has 0 N–H and O–H groups in total. The Morgan fingerprint density at radius 3 is 2.40 bits per heavy atom. The number of hydrogen-bond acceptors (Lipinski definition) is 1. The first-order valence-electron chi connectivity index (χ1n) is 3.44. The summed E-state index contributed by atoms with van der Waals surface area (Å²) in [5.74, 6) is 0.624. The molecule has 0 heterocycles. The van der Waals surface area contributed by atoms with Crippen LogP contribution in [0.4, 0.5) is 4.79 Å². The van der Waals surface area contributed by atoms with Crippen LogP contribution in [-0.4, -0.2) is 23.9 Å². The van der Waals surface area contributed by atoms with E-state index in [1.165, 1.54) is 4.90 Å². The van der Waals surface area contributed by atoms with E-state index in [4.69, 9.17) is 11.6 Å². The Morgan fingerprint density at radius 1 is 1.60 bits per heavy atom. The monoisotopic (exact) mass is 163 g/mol. The van der Waals surface area contributed by atoms with Crippen LogP contribution in [0.15, 0.2) is 0 Å². The van der Waals surface area contributed by atoms with Crippen LogP contribution in [0.3, 0.4) is 0 Å². The van der Waals surface area contributed by atoms with Crippen LogP contribution in [0, 0.1) is 5.92 Å². The molecule has 0 saturated heterocycles. The molecule has 0 aromatic rings. The summed E-state index contributed by atoms with van der Waals surface area (Å²) in [4.78, 5) is 12.0. The second-order valence-corrected chi connectivity index (χ2v) is 3.18. The Morgan fingerprint density at radius 2 is 2.10 bits per heavy atom. The van der Waals surface area contributed by atoms with Crippen LogP contribution in [0.5, 0.6) is 0 Å². The van der Waals surface area contributed by atoms with Crippen molar-refractivity contribution in [1.82, 2.24) is 4.90 Å². The highest BCUT2D eigenvalue weighted by molar-refractivity contribution is 6.62. The summed E-state index contributed by atoms with van der Waals surface area (Å²) in [7, 11) is 1.71. The molecule has 0 aliphatic heterocycles. The third-order valence-electron chi connectivity index (χ3n) is 1.34. The number of carbonyl (C=O) groups is 1. The van der Waals surface area contributed by atoms with Crippen molar-refractivity contribution in [2.45, 2.75) is 20.3 Å². The highest BCUT2D eigenvalue weighted by Crippen LogP contribution is 2.01. The summed E-state index contributed by atoms with van der Waals surface area (Å²) < 4.78 is 0. The third kappa shape index (κ3) is 4.62. The maximum atomic E-state index is 10.4. The molecule has 0 radical (unpaired) electrons. The van der Waals surface area contributed by atoms with Gasteiger partial charge in [-0.1, -0.05) is 13.8 Å². The van der Waals surface area contributed by atoms with Gasteiger partial charge in [0, 0.05) is 13.6 Å². The van der Waals surface area contributed by atoms with Gasteiger partial charge in [-0.05, 0) is 23.9 Å². The first-order valence-corrected chi connectivity index (χ1v) is 3.82. The van der Waals surface area contributed by atoms with E-state index in [0.29, 0.717) is 5.92 Å². The molecule has 10 heavy (non-hydrogen) atoms. The van der Waals surface area contributed by atoms with Crippen molar-refractivity contribution < 1.29 is 4.79 Å². The van der Waals surface area contributed by atoms with Crippen molar-refractivity contribution in [2.75, 3.05) is 13.6 Å². The molecule has 60 valence electrons. The molecular weight excluding hydrogens is 150 g/mol. The van der Waals surface area contributed by atoms with E-state index < -0.39 is 0 Å². The van der Waals surface area contributed by atoms with Gasteiger partial charge < -0.3 is 4.90 Å². The topological polar surface area (TPSA) is 20.3 Å². The molecule has 2 nitrogen and oxygen atoms in total. The molecular formula is C7H14ClNO. The van der Waals surface area contributed by atoms with Crippen LogP contribution < -0.4 is 0 Å². The third-order valence-corrected chi connectivity index (χ3v) is 1.63. The number of carbonyl (C=O) groups excluding carboxylic acids is 1. The van der Waals surface area contributed by atoms with E-state index >= 15 is 0 Å². The predicted octanol–water partition coefficient (Wildman–Crippen LogP) is 2.32. The molecule has 0 aliphatic carbocycles. The lowest BCUT2D eigenvalue weighted by molar-refractivity contribution is 0.229. The number of hydrogen-bond donors (Lipinski definition) is 0. The van der Waals surface area contributed by atoms with Crippen LogP contribution in [0.2, 0.25) is 0 Å². The summed E-state index contributed by atoms with van der Waals surface area (Å²) in [6.45, 7) is 4.99. The van der Waals surface area contributed by atoms with E-state index in [0.717, 1.165) is 13.0 Å². The van der Waals surface area contributed by atoms with E-state index in [-0.39, 0.29) is 5.37 Å². The summed E-state index contributed by atoms with van der Waals surface area (Å²) in [6, 6.07) is 0. The zero-order valence-corrected chi connectivity index (χ0v) is 7.48. The van der Waals surface area contributed by atoms with E-state index in [1.807, 2.05) is 0 Å². The molecule has 0 unspecified atom stereocenters. The Balaban J connectivity index is 3.40. The number of amides is 1. The lowest BCUT2D eigenvalue weighted by Crippen LogP contribution is -2.22. The minimum atomic E-state index is -0.374. The first kappa shape index (κ1) is 9.76. The minimum absolute atomic E-state index is 0.374. The van der Waals surface area contributed by atoms with E-state index in [2.05, 4.69) is 13.8 Å². The standard InChI is InChI=1S/C7H14ClNO/c1-6(2)4-5-9(3)7(8)10/h6H,4-5H2,1-3H3. The average molecular weight is 164 g/mol. The van der Waals surface area contributed by atoms with Gasteiger partial charge in [-0.15, -0.1) is 0 Å². The van der Waals surface area contributed by atoms with Crippen LogP contribution in [-0.2, 0) is 0 Å². The minimum Gasteiger partial charge on any atom is -0.332 e. The van der Waals surface area contributed by atoms with Gasteiger partial charge in [0.25, 0.3) is 0 Å². The maximum absolute atomic E-state index is 10.4. The summed E-state index contributed by atoms with van der Waals surface area (Å²) in [6.07, 6.45) is 1.01. The SMILES string of the molecule is CC(C)CCN(C)C(=O)Cl. The van der Waals surface area contributed by atoms with Crippen molar-refractivity contribution in [3.63, 3.8) is 0 Å². The highest BCUT2D eigenvalue weighted by Gasteiger charge is 2.03. The molecule has 0 spiro atoms. The molecule has 0 aliphatic rings. The second kappa shape index (κ2) is 4.56. The number of rotatable bonds is 3. The number of halogens is 1. The fourth-order valence-corrected chi connectivity index (χ4v) is 0.624. The predicted molar refractivity (Wildman–Crippen MR) is 43.3 cm³/mol. The van der Waals surface area contributed by atoms with Crippen molar-refractivity contribution in [3.05, 3.63) is 0 Å². The van der Waals surface area contributed by atoms with Crippen LogP contribution in [0.1, 0.15) is 20.3 Å². The summed E-state index contributed by atoms with van der Waals surface area (Å²) >= 11 is 5.20. The van der Waals surface area contributed by atoms with Gasteiger partial charge in [-0.2, -0.15) is 0 Å². The van der Waals surface area contributed by atoms with Crippen molar-refractivity contribution in [3.8, 4) is 0 Å². The summed E-state index contributed by atoms with van der Waals surface area (Å²) in [5, 5.41) is -0.374. The molecule has 3 heteroatoms. The maximum Gasteiger partial charge on any atom is 0.316 e. The quantitative estimate of drug-likeness (QED) is 0.462. The Kier molecular flexibility index (Phi) is 4.45. The smallest absolute Gasteiger partial charge is 0.316 e. The van der Waals surface area contributed by atoms with Crippen molar-refractivity contribution in [2.24, 2.45) is 5.92 Å². The van der Waals surface area contributed by atoms with Crippen LogP contribution >= 0.6 is 11.6 Å². The Hall–Kier alpha value is -0.240. The zero-order chi connectivity index (χ0) is 8.15. The van der Waals surface area contributed by atoms with E-state index in [9.17, 15) is 4.79 Å². The van der Waals surface area contributed by atoms with Gasteiger partial charge >= 0.3 is 5.37 Å². The normalized spacial score (nSPS) is 10.1. The lowest BCUT2D eigenvalue weighted by Gasteiger charge is -2.13. The molecule has 0 fully saturated rings. The van der Waals surface area contributed by atoms with Gasteiger partial charge in [0.2, 0.25) is 0 Å². The fourth-order valence-electron chi connectivity index (χ4n) is 0.540. The average Bonchev–Trinajstić information content (AvgIpc) is 1.82. The molecule has 0 saturated carbocycles. The molecule has 1 amide bonds. The van der Waals surface area contributed by atoms with Gasteiger partial charge in [0.05, 0.1) is 0 Å².